The van der Waals surface area contributed by atoms with E-state index in [1.165, 1.54) is 18.9 Å². The van der Waals surface area contributed by atoms with Crippen LogP contribution in [-0.4, -0.2) is 48.3 Å². The highest BCUT2D eigenvalue weighted by atomic mass is 16.5. The molecule has 0 saturated carbocycles. The van der Waals surface area contributed by atoms with Gasteiger partial charge in [-0.2, -0.15) is 0 Å². The number of esters is 1. The lowest BCUT2D eigenvalue weighted by molar-refractivity contribution is -0.137. The summed E-state index contributed by atoms with van der Waals surface area (Å²) in [5, 5.41) is 9.00. The highest BCUT2D eigenvalue weighted by Crippen LogP contribution is 2.18. The van der Waals surface area contributed by atoms with Gasteiger partial charge in [0.2, 0.25) is 0 Å². The second-order valence-electron chi connectivity index (χ2n) is 4.31. The number of likely N-dealkylation sites (tertiary alicyclic amines) is 1. The molecule has 0 radical (unpaired) electrons. The third-order valence-electron chi connectivity index (χ3n) is 3.09. The number of hydrogen-bond donors (Lipinski definition) is 1. The Morgan fingerprint density at radius 1 is 1.53 bits per heavy atom. The zero-order valence-electron chi connectivity index (χ0n) is 10.6. The van der Waals surface area contributed by atoms with Crippen molar-refractivity contribution in [2.24, 2.45) is 0 Å². The van der Waals surface area contributed by atoms with Gasteiger partial charge in [-0.3, -0.25) is 4.90 Å². The summed E-state index contributed by atoms with van der Waals surface area (Å²) in [7, 11) is 0. The summed E-state index contributed by atoms with van der Waals surface area (Å²) >= 11 is 0. The molecule has 1 unspecified atom stereocenters. The lowest BCUT2D eigenvalue weighted by Crippen LogP contribution is -2.40. The van der Waals surface area contributed by atoms with E-state index in [0.29, 0.717) is 12.6 Å². The maximum Gasteiger partial charge on any atom is 0.330 e. The van der Waals surface area contributed by atoms with Crippen molar-refractivity contribution in [2.75, 3.05) is 26.3 Å². The Labute approximate surface area is 103 Å². The monoisotopic (exact) mass is 241 g/mol. The third kappa shape index (κ3) is 5.33. The van der Waals surface area contributed by atoms with Gasteiger partial charge in [0.05, 0.1) is 6.61 Å². The molecule has 0 bridgehead atoms. The predicted molar refractivity (Wildman–Crippen MR) is 66.7 cm³/mol. The van der Waals surface area contributed by atoms with E-state index in [4.69, 9.17) is 9.84 Å². The fourth-order valence-electron chi connectivity index (χ4n) is 2.25. The summed E-state index contributed by atoms with van der Waals surface area (Å²) in [6.45, 7) is 4.28. The minimum Gasteiger partial charge on any atom is -0.463 e. The van der Waals surface area contributed by atoms with E-state index in [0.717, 1.165) is 25.9 Å². The van der Waals surface area contributed by atoms with Crippen LogP contribution in [0.5, 0.6) is 0 Å². The van der Waals surface area contributed by atoms with E-state index in [1.807, 2.05) is 6.08 Å². The maximum absolute atomic E-state index is 11.1. The van der Waals surface area contributed by atoms with Crippen LogP contribution in [-0.2, 0) is 9.53 Å². The molecular formula is C13H23NO3. The molecule has 4 nitrogen and oxygen atoms in total. The van der Waals surface area contributed by atoms with Crippen LogP contribution in [0.1, 0.15) is 32.6 Å². The minimum absolute atomic E-state index is 0.239. The summed E-state index contributed by atoms with van der Waals surface area (Å²) < 4.78 is 4.82. The van der Waals surface area contributed by atoms with Crippen LogP contribution >= 0.6 is 0 Å². The van der Waals surface area contributed by atoms with Crippen molar-refractivity contribution in [3.63, 3.8) is 0 Å². The molecule has 0 aromatic rings. The molecule has 1 fully saturated rings. The number of hydrogen-bond acceptors (Lipinski definition) is 4. The van der Waals surface area contributed by atoms with Crippen LogP contribution < -0.4 is 0 Å². The van der Waals surface area contributed by atoms with Crippen LogP contribution in [0.3, 0.4) is 0 Å². The lowest BCUT2D eigenvalue weighted by Gasteiger charge is -2.34. The molecule has 1 aliphatic rings. The van der Waals surface area contributed by atoms with Crippen molar-refractivity contribution in [1.29, 1.82) is 0 Å². The first kappa shape index (κ1) is 14.2. The molecule has 0 aromatic heterocycles. The van der Waals surface area contributed by atoms with Crippen LogP contribution in [0.25, 0.3) is 0 Å². The third-order valence-corrected chi connectivity index (χ3v) is 3.09. The molecule has 0 spiro atoms. The Morgan fingerprint density at radius 2 is 2.35 bits per heavy atom. The average Bonchev–Trinajstić information content (AvgIpc) is 2.32. The first-order valence-electron chi connectivity index (χ1n) is 6.46. The molecule has 0 amide bonds. The van der Waals surface area contributed by atoms with E-state index in [1.54, 1.807) is 6.92 Å². The normalized spacial score (nSPS) is 21.9. The minimum atomic E-state index is -0.275. The first-order chi connectivity index (χ1) is 8.27. The van der Waals surface area contributed by atoms with Crippen molar-refractivity contribution in [1.82, 2.24) is 4.90 Å². The Kier molecular flexibility index (Phi) is 6.89. The molecule has 4 heteroatoms. The summed E-state index contributed by atoms with van der Waals surface area (Å²) in [5.74, 6) is -0.275. The number of carbonyl (C=O) groups is 1. The number of carbonyl (C=O) groups excluding carboxylic acids is 1. The number of aliphatic hydroxyl groups excluding tert-OH is 1. The van der Waals surface area contributed by atoms with Gasteiger partial charge in [-0.1, -0.05) is 12.5 Å². The summed E-state index contributed by atoms with van der Waals surface area (Å²) in [6.07, 6.45) is 7.76. The Bertz CT molecular complexity index is 251. The van der Waals surface area contributed by atoms with Gasteiger partial charge in [0.25, 0.3) is 0 Å². The van der Waals surface area contributed by atoms with Gasteiger partial charge in [0.1, 0.15) is 0 Å². The molecule has 17 heavy (non-hydrogen) atoms. The first-order valence-corrected chi connectivity index (χ1v) is 6.46. The highest BCUT2D eigenvalue weighted by Gasteiger charge is 2.20. The van der Waals surface area contributed by atoms with Crippen molar-refractivity contribution < 1.29 is 14.6 Å². The Morgan fingerprint density at radius 3 is 3.06 bits per heavy atom. The topological polar surface area (TPSA) is 49.8 Å². The van der Waals surface area contributed by atoms with Crippen LogP contribution in [0, 0.1) is 0 Å². The van der Waals surface area contributed by atoms with E-state index in [9.17, 15) is 4.79 Å². The quantitative estimate of drug-likeness (QED) is 0.563. The summed E-state index contributed by atoms with van der Waals surface area (Å²) in [6, 6.07) is 0.459. The maximum atomic E-state index is 11.1. The molecule has 98 valence electrons. The second kappa shape index (κ2) is 8.25. The van der Waals surface area contributed by atoms with Gasteiger partial charge in [0, 0.05) is 25.3 Å². The summed E-state index contributed by atoms with van der Waals surface area (Å²) in [4.78, 5) is 13.5. The van der Waals surface area contributed by atoms with Crippen LogP contribution in [0.4, 0.5) is 0 Å². The number of ether oxygens (including phenoxy) is 1. The molecule has 1 heterocycles. The fourth-order valence-corrected chi connectivity index (χ4v) is 2.25. The van der Waals surface area contributed by atoms with E-state index in [2.05, 4.69) is 4.90 Å². The van der Waals surface area contributed by atoms with Crippen LogP contribution in [0.15, 0.2) is 12.2 Å². The molecule has 1 rings (SSSR count). The molecule has 0 aromatic carbocycles. The Hall–Kier alpha value is -0.870. The largest absolute Gasteiger partial charge is 0.463 e. The van der Waals surface area contributed by atoms with Crippen molar-refractivity contribution in [3.8, 4) is 0 Å². The summed E-state index contributed by atoms with van der Waals surface area (Å²) in [5.41, 5.74) is 0. The van der Waals surface area contributed by atoms with Crippen molar-refractivity contribution in [3.05, 3.63) is 12.2 Å². The SMILES string of the molecule is CCOC(=O)/C=C/CN1CCCCC1CCO. The average molecular weight is 241 g/mol. The van der Waals surface area contributed by atoms with Crippen molar-refractivity contribution >= 4 is 5.97 Å². The molecule has 1 saturated heterocycles. The number of aliphatic hydroxyl groups is 1. The van der Waals surface area contributed by atoms with Crippen LogP contribution in [0.2, 0.25) is 0 Å². The standard InChI is InChI=1S/C13H23NO3/c1-2-17-13(16)7-5-10-14-9-4-3-6-12(14)8-11-15/h5,7,12,15H,2-4,6,8-11H2,1H3/b7-5+. The molecule has 1 aliphatic heterocycles. The van der Waals surface area contributed by atoms with E-state index < -0.39 is 0 Å². The second-order valence-corrected chi connectivity index (χ2v) is 4.31. The fraction of sp³-hybridized carbons (Fsp3) is 0.769. The van der Waals surface area contributed by atoms with Gasteiger partial charge in [0.15, 0.2) is 0 Å². The van der Waals surface area contributed by atoms with Gasteiger partial charge < -0.3 is 9.84 Å². The number of nitrogens with zero attached hydrogens (tertiary/aromatic N) is 1. The lowest BCUT2D eigenvalue weighted by atomic mass is 10.00. The van der Waals surface area contributed by atoms with E-state index in [-0.39, 0.29) is 12.6 Å². The smallest absolute Gasteiger partial charge is 0.330 e. The van der Waals surface area contributed by atoms with Gasteiger partial charge in [-0.25, -0.2) is 4.79 Å². The number of rotatable bonds is 6. The molecular weight excluding hydrogens is 218 g/mol. The van der Waals surface area contributed by atoms with Gasteiger partial charge >= 0.3 is 5.97 Å². The van der Waals surface area contributed by atoms with E-state index >= 15 is 0 Å². The van der Waals surface area contributed by atoms with Gasteiger partial charge in [-0.05, 0) is 32.7 Å². The zero-order valence-corrected chi connectivity index (χ0v) is 10.6. The predicted octanol–water partition coefficient (Wildman–Crippen LogP) is 1.34. The molecule has 1 atom stereocenters. The number of piperidine rings is 1. The highest BCUT2D eigenvalue weighted by molar-refractivity contribution is 5.81. The Balaban J connectivity index is 2.34. The molecule has 0 aliphatic carbocycles. The van der Waals surface area contributed by atoms with Gasteiger partial charge in [-0.15, -0.1) is 0 Å². The zero-order chi connectivity index (χ0) is 12.5. The molecule has 1 N–H and O–H groups in total. The van der Waals surface area contributed by atoms with Crippen molar-refractivity contribution in [2.45, 2.75) is 38.6 Å².